The highest BCUT2D eigenvalue weighted by atomic mass is 35.5. The summed E-state index contributed by atoms with van der Waals surface area (Å²) in [7, 11) is -3.42. The second-order valence-electron chi connectivity index (χ2n) is 2.04. The Hall–Kier alpha value is -0.810. The predicted molar refractivity (Wildman–Crippen MR) is 47.5 cm³/mol. The molecule has 0 unspecified atom stereocenters. The van der Waals surface area contributed by atoms with Gasteiger partial charge in [0.25, 0.3) is 0 Å². The van der Waals surface area contributed by atoms with Crippen LogP contribution in [0.1, 0.15) is 0 Å². The summed E-state index contributed by atoms with van der Waals surface area (Å²) in [6.45, 7) is 0. The van der Waals surface area contributed by atoms with Crippen molar-refractivity contribution in [3.63, 3.8) is 0 Å². The van der Waals surface area contributed by atoms with Crippen molar-refractivity contribution in [3.05, 3.63) is 24.4 Å². The van der Waals surface area contributed by atoms with Gasteiger partial charge >= 0.3 is 0 Å². The lowest BCUT2D eigenvalue weighted by atomic mass is 10.5. The minimum absolute atomic E-state index is 0.276. The molecular weight excluding hydrogens is 200 g/mol. The van der Waals surface area contributed by atoms with E-state index in [9.17, 15) is 8.42 Å². The van der Waals surface area contributed by atoms with Gasteiger partial charge in [-0.25, -0.2) is 13.4 Å². The van der Waals surface area contributed by atoms with Gasteiger partial charge in [-0.05, 0) is 12.1 Å². The van der Waals surface area contributed by atoms with E-state index in [2.05, 4.69) is 9.71 Å². The summed E-state index contributed by atoms with van der Waals surface area (Å²) >= 11 is 5.16. The molecule has 66 valence electrons. The number of nitrogens with one attached hydrogen (secondary N) is 1. The molecule has 4 nitrogen and oxygen atoms in total. The van der Waals surface area contributed by atoms with Crippen LogP contribution in [0.25, 0.3) is 0 Å². The maximum Gasteiger partial charge on any atom is 0.247 e. The van der Waals surface area contributed by atoms with Crippen LogP contribution < -0.4 is 4.72 Å². The van der Waals surface area contributed by atoms with Crippen LogP contribution in [-0.4, -0.2) is 18.6 Å². The number of pyridine rings is 1. The molecule has 0 bridgehead atoms. The second-order valence-corrected chi connectivity index (χ2v) is 4.35. The summed E-state index contributed by atoms with van der Waals surface area (Å²) in [4.78, 5) is 3.76. The van der Waals surface area contributed by atoms with E-state index in [-0.39, 0.29) is 5.82 Å². The second kappa shape index (κ2) is 3.73. The van der Waals surface area contributed by atoms with E-state index in [1.165, 1.54) is 6.20 Å². The third-order valence-electron chi connectivity index (χ3n) is 1.07. The average molecular weight is 207 g/mol. The normalized spacial score (nSPS) is 11.1. The molecule has 12 heavy (non-hydrogen) atoms. The van der Waals surface area contributed by atoms with Crippen molar-refractivity contribution in [2.75, 3.05) is 9.93 Å². The lowest BCUT2D eigenvalue weighted by molar-refractivity contribution is 0.605. The van der Waals surface area contributed by atoms with Crippen LogP contribution in [0.5, 0.6) is 0 Å². The summed E-state index contributed by atoms with van der Waals surface area (Å²) in [6.07, 6.45) is 1.49. The Balaban J connectivity index is 2.78. The monoisotopic (exact) mass is 206 g/mol. The Bertz CT molecular complexity index is 338. The summed E-state index contributed by atoms with van der Waals surface area (Å²) in [6, 6.07) is 4.92. The number of rotatable bonds is 3. The number of nitrogens with zero attached hydrogens (tertiary/aromatic N) is 1. The van der Waals surface area contributed by atoms with Crippen LogP contribution in [0.2, 0.25) is 0 Å². The van der Waals surface area contributed by atoms with Gasteiger partial charge < -0.3 is 0 Å². The minimum Gasteiger partial charge on any atom is -0.266 e. The van der Waals surface area contributed by atoms with E-state index in [0.29, 0.717) is 0 Å². The Labute approximate surface area is 75.6 Å². The van der Waals surface area contributed by atoms with Gasteiger partial charge in [0.1, 0.15) is 11.0 Å². The molecule has 0 aromatic carbocycles. The van der Waals surface area contributed by atoms with Crippen molar-refractivity contribution in [1.29, 1.82) is 0 Å². The zero-order valence-corrected chi connectivity index (χ0v) is 7.64. The number of alkyl halides is 1. The Morgan fingerprint density at radius 2 is 2.25 bits per heavy atom. The molecule has 1 aromatic rings. The summed E-state index contributed by atoms with van der Waals surface area (Å²) in [5.74, 6) is 0.276. The molecule has 0 aliphatic rings. The highest BCUT2D eigenvalue weighted by Crippen LogP contribution is 2.03. The Kier molecular flexibility index (Phi) is 2.88. The van der Waals surface area contributed by atoms with Gasteiger partial charge in [0.15, 0.2) is 0 Å². The van der Waals surface area contributed by atoms with Crippen molar-refractivity contribution in [3.8, 4) is 0 Å². The molecule has 0 fully saturated rings. The molecular formula is C6H7ClN2O2S. The molecule has 6 heteroatoms. The standard InChI is InChI=1S/C6H7ClN2O2S/c7-5-12(10,11)9-6-3-1-2-4-8-6/h1-4H,5H2,(H,8,9). The van der Waals surface area contributed by atoms with E-state index in [1.54, 1.807) is 18.2 Å². The van der Waals surface area contributed by atoms with Gasteiger partial charge in [0.2, 0.25) is 10.0 Å². The summed E-state index contributed by atoms with van der Waals surface area (Å²) in [5.41, 5.74) is 0. The van der Waals surface area contributed by atoms with Crippen LogP contribution >= 0.6 is 11.6 Å². The zero-order chi connectivity index (χ0) is 9.03. The third-order valence-corrected chi connectivity index (χ3v) is 2.74. The van der Waals surface area contributed by atoms with Crippen molar-refractivity contribution < 1.29 is 8.42 Å². The van der Waals surface area contributed by atoms with Crippen molar-refractivity contribution in [2.45, 2.75) is 0 Å². The van der Waals surface area contributed by atoms with Crippen LogP contribution in [0, 0.1) is 0 Å². The quantitative estimate of drug-likeness (QED) is 0.752. The van der Waals surface area contributed by atoms with Crippen molar-refractivity contribution in [2.24, 2.45) is 0 Å². The molecule has 0 amide bonds. The third kappa shape index (κ3) is 2.67. The molecule has 1 N–H and O–H groups in total. The lowest BCUT2D eigenvalue weighted by Crippen LogP contribution is -2.14. The first-order valence-corrected chi connectivity index (χ1v) is 5.30. The molecule has 1 rings (SSSR count). The van der Waals surface area contributed by atoms with Crippen LogP contribution in [0.4, 0.5) is 5.82 Å². The van der Waals surface area contributed by atoms with Gasteiger partial charge in [-0.1, -0.05) is 6.07 Å². The largest absolute Gasteiger partial charge is 0.266 e. The molecule has 0 aliphatic carbocycles. The molecule has 1 heterocycles. The number of hydrogen-bond acceptors (Lipinski definition) is 3. The molecule has 0 saturated carbocycles. The topological polar surface area (TPSA) is 59.1 Å². The van der Waals surface area contributed by atoms with E-state index >= 15 is 0 Å². The summed E-state index contributed by atoms with van der Waals surface area (Å²) in [5, 5.41) is -0.469. The van der Waals surface area contributed by atoms with Gasteiger partial charge in [0, 0.05) is 6.20 Å². The van der Waals surface area contributed by atoms with E-state index < -0.39 is 15.2 Å². The first-order chi connectivity index (χ1) is 5.64. The predicted octanol–water partition coefficient (Wildman–Crippen LogP) is 1.02. The van der Waals surface area contributed by atoms with E-state index in [1.807, 2.05) is 0 Å². The first-order valence-electron chi connectivity index (χ1n) is 3.11. The molecule has 0 atom stereocenters. The average Bonchev–Trinajstić information content (AvgIpc) is 2.06. The number of halogens is 1. The molecule has 0 spiro atoms. The maximum absolute atomic E-state index is 10.9. The molecule has 0 saturated heterocycles. The number of anilines is 1. The van der Waals surface area contributed by atoms with Crippen LogP contribution in [0.15, 0.2) is 24.4 Å². The highest BCUT2D eigenvalue weighted by molar-refractivity contribution is 7.93. The van der Waals surface area contributed by atoms with E-state index in [4.69, 9.17) is 11.6 Å². The molecule has 0 aliphatic heterocycles. The first kappa shape index (κ1) is 9.28. The minimum atomic E-state index is -3.42. The van der Waals surface area contributed by atoms with Gasteiger partial charge in [-0.15, -0.1) is 11.6 Å². The van der Waals surface area contributed by atoms with Gasteiger partial charge in [0.05, 0.1) is 0 Å². The Morgan fingerprint density at radius 3 is 2.75 bits per heavy atom. The highest BCUT2D eigenvalue weighted by Gasteiger charge is 2.07. The maximum atomic E-state index is 10.9. The fraction of sp³-hybridized carbons (Fsp3) is 0.167. The zero-order valence-electron chi connectivity index (χ0n) is 6.07. The van der Waals surface area contributed by atoms with E-state index in [0.717, 1.165) is 0 Å². The van der Waals surface area contributed by atoms with Crippen LogP contribution in [0.3, 0.4) is 0 Å². The number of hydrogen-bond donors (Lipinski definition) is 1. The summed E-state index contributed by atoms with van der Waals surface area (Å²) < 4.78 is 24.0. The van der Waals surface area contributed by atoms with Crippen molar-refractivity contribution >= 4 is 27.4 Å². The fourth-order valence-corrected chi connectivity index (χ4v) is 1.27. The van der Waals surface area contributed by atoms with Gasteiger partial charge in [-0.2, -0.15) is 0 Å². The SMILES string of the molecule is O=S(=O)(CCl)Nc1ccccn1. The fourth-order valence-electron chi connectivity index (χ4n) is 0.610. The Morgan fingerprint density at radius 1 is 1.50 bits per heavy atom. The number of sulfonamides is 1. The van der Waals surface area contributed by atoms with Crippen molar-refractivity contribution in [1.82, 2.24) is 4.98 Å². The smallest absolute Gasteiger partial charge is 0.247 e. The van der Waals surface area contributed by atoms with Gasteiger partial charge in [-0.3, -0.25) is 4.72 Å². The molecule has 0 radical (unpaired) electrons. The lowest BCUT2D eigenvalue weighted by Gasteiger charge is -2.02. The number of aromatic nitrogens is 1. The molecule has 1 aromatic heterocycles. The van der Waals surface area contributed by atoms with Crippen LogP contribution in [-0.2, 0) is 10.0 Å².